The highest BCUT2D eigenvalue weighted by Crippen LogP contribution is 2.31. The van der Waals surface area contributed by atoms with E-state index in [0.717, 1.165) is 47.8 Å². The SMILES string of the molecule is COc1cc(Cl)c(C)cc1NC(=O)CN1CCN(c2ncnc3sccc23)CC1. The molecule has 0 bridgehead atoms. The van der Waals surface area contributed by atoms with Gasteiger partial charge in [-0.1, -0.05) is 11.6 Å². The zero-order valence-corrected chi connectivity index (χ0v) is 17.9. The summed E-state index contributed by atoms with van der Waals surface area (Å²) in [4.78, 5) is 26.8. The minimum Gasteiger partial charge on any atom is -0.495 e. The Morgan fingerprint density at radius 1 is 1.28 bits per heavy atom. The van der Waals surface area contributed by atoms with Gasteiger partial charge in [-0.25, -0.2) is 9.97 Å². The van der Waals surface area contributed by atoms with Crippen LogP contribution in [-0.2, 0) is 4.79 Å². The molecule has 0 unspecified atom stereocenters. The number of piperazine rings is 1. The fraction of sp³-hybridized carbons (Fsp3) is 0.350. The van der Waals surface area contributed by atoms with Crippen LogP contribution in [0.1, 0.15) is 5.56 Å². The molecule has 0 spiro atoms. The summed E-state index contributed by atoms with van der Waals surface area (Å²) in [7, 11) is 1.56. The van der Waals surface area contributed by atoms with Gasteiger partial charge in [0.15, 0.2) is 0 Å². The van der Waals surface area contributed by atoms with E-state index in [-0.39, 0.29) is 5.91 Å². The summed E-state index contributed by atoms with van der Waals surface area (Å²) < 4.78 is 5.33. The van der Waals surface area contributed by atoms with Gasteiger partial charge >= 0.3 is 0 Å². The predicted octanol–water partition coefficient (Wildman–Crippen LogP) is 3.42. The van der Waals surface area contributed by atoms with Crippen LogP contribution in [0, 0.1) is 6.92 Å². The molecule has 0 radical (unpaired) electrons. The number of carbonyl (C=O) groups is 1. The first-order chi connectivity index (χ1) is 14.0. The molecule has 1 saturated heterocycles. The number of aromatic nitrogens is 2. The molecule has 9 heteroatoms. The van der Waals surface area contributed by atoms with Crippen molar-refractivity contribution in [3.8, 4) is 5.75 Å². The number of amides is 1. The number of halogens is 1. The summed E-state index contributed by atoms with van der Waals surface area (Å²) >= 11 is 7.76. The zero-order valence-electron chi connectivity index (χ0n) is 16.3. The number of aryl methyl sites for hydroxylation is 1. The predicted molar refractivity (Wildman–Crippen MR) is 117 cm³/mol. The van der Waals surface area contributed by atoms with Gasteiger partial charge in [0.1, 0.15) is 22.7 Å². The first-order valence-corrected chi connectivity index (χ1v) is 10.6. The van der Waals surface area contributed by atoms with Crippen molar-refractivity contribution in [1.29, 1.82) is 0 Å². The Hall–Kier alpha value is -2.42. The number of thiophene rings is 1. The third kappa shape index (κ3) is 4.29. The molecule has 4 rings (SSSR count). The van der Waals surface area contributed by atoms with Gasteiger partial charge < -0.3 is 15.0 Å². The zero-order chi connectivity index (χ0) is 20.4. The molecular weight excluding hydrogens is 410 g/mol. The Morgan fingerprint density at radius 2 is 2.07 bits per heavy atom. The molecule has 3 heterocycles. The van der Waals surface area contributed by atoms with Crippen molar-refractivity contribution < 1.29 is 9.53 Å². The topological polar surface area (TPSA) is 70.6 Å². The molecule has 1 fully saturated rings. The van der Waals surface area contributed by atoms with E-state index >= 15 is 0 Å². The Morgan fingerprint density at radius 3 is 2.83 bits per heavy atom. The average Bonchev–Trinajstić information content (AvgIpc) is 3.20. The number of hydrogen-bond donors (Lipinski definition) is 1. The highest BCUT2D eigenvalue weighted by Gasteiger charge is 2.22. The van der Waals surface area contributed by atoms with Gasteiger partial charge in [0.25, 0.3) is 0 Å². The van der Waals surface area contributed by atoms with Crippen LogP contribution in [-0.4, -0.2) is 60.6 Å². The van der Waals surface area contributed by atoms with Gasteiger partial charge in [-0.05, 0) is 30.0 Å². The third-order valence-electron chi connectivity index (χ3n) is 5.03. The van der Waals surface area contributed by atoms with Crippen LogP contribution < -0.4 is 15.0 Å². The van der Waals surface area contributed by atoms with Crippen LogP contribution in [0.3, 0.4) is 0 Å². The van der Waals surface area contributed by atoms with Crippen molar-refractivity contribution in [2.45, 2.75) is 6.92 Å². The number of benzene rings is 1. The second-order valence-corrected chi connectivity index (χ2v) is 8.25. The number of ether oxygens (including phenoxy) is 1. The van der Waals surface area contributed by atoms with Gasteiger partial charge in [-0.3, -0.25) is 9.69 Å². The Bertz CT molecular complexity index is 1030. The third-order valence-corrected chi connectivity index (χ3v) is 6.26. The molecule has 0 atom stereocenters. The summed E-state index contributed by atoms with van der Waals surface area (Å²) in [5.41, 5.74) is 1.53. The van der Waals surface area contributed by atoms with E-state index in [4.69, 9.17) is 16.3 Å². The largest absolute Gasteiger partial charge is 0.495 e. The van der Waals surface area contributed by atoms with E-state index in [2.05, 4.69) is 31.2 Å². The maximum Gasteiger partial charge on any atom is 0.238 e. The maximum atomic E-state index is 12.6. The monoisotopic (exact) mass is 431 g/mol. The Kier molecular flexibility index (Phi) is 5.84. The second-order valence-electron chi connectivity index (χ2n) is 6.95. The van der Waals surface area contributed by atoms with E-state index in [9.17, 15) is 4.79 Å². The summed E-state index contributed by atoms with van der Waals surface area (Å²) in [6.07, 6.45) is 1.62. The van der Waals surface area contributed by atoms with Crippen molar-refractivity contribution >= 4 is 50.6 Å². The molecule has 29 heavy (non-hydrogen) atoms. The lowest BCUT2D eigenvalue weighted by Crippen LogP contribution is -2.49. The summed E-state index contributed by atoms with van der Waals surface area (Å²) in [6.45, 7) is 5.45. The van der Waals surface area contributed by atoms with Crippen LogP contribution >= 0.6 is 22.9 Å². The first kappa shape index (κ1) is 19.9. The Balaban J connectivity index is 1.36. The maximum absolute atomic E-state index is 12.6. The summed E-state index contributed by atoms with van der Waals surface area (Å²) in [6, 6.07) is 5.62. The molecule has 1 aromatic carbocycles. The number of hydrogen-bond acceptors (Lipinski definition) is 7. The summed E-state index contributed by atoms with van der Waals surface area (Å²) in [5, 5.41) is 6.68. The van der Waals surface area contributed by atoms with E-state index in [1.54, 1.807) is 30.8 Å². The molecule has 2 aromatic heterocycles. The van der Waals surface area contributed by atoms with Gasteiger partial charge in [-0.2, -0.15) is 0 Å². The molecule has 7 nitrogen and oxygen atoms in total. The average molecular weight is 432 g/mol. The molecular formula is C20H22ClN5O2S. The minimum atomic E-state index is -0.0688. The number of fused-ring (bicyclic) bond motifs is 1. The van der Waals surface area contributed by atoms with Crippen molar-refractivity contribution in [2.24, 2.45) is 0 Å². The summed E-state index contributed by atoms with van der Waals surface area (Å²) in [5.74, 6) is 1.46. The minimum absolute atomic E-state index is 0.0688. The van der Waals surface area contributed by atoms with E-state index in [1.165, 1.54) is 0 Å². The van der Waals surface area contributed by atoms with Gasteiger partial charge in [-0.15, -0.1) is 11.3 Å². The highest BCUT2D eigenvalue weighted by atomic mass is 35.5. The number of methoxy groups -OCH3 is 1. The number of nitrogens with zero attached hydrogens (tertiary/aromatic N) is 4. The fourth-order valence-electron chi connectivity index (χ4n) is 3.47. The molecule has 1 amide bonds. The van der Waals surface area contributed by atoms with Gasteiger partial charge in [0, 0.05) is 37.3 Å². The van der Waals surface area contributed by atoms with E-state index in [1.807, 2.05) is 18.4 Å². The van der Waals surface area contributed by atoms with Crippen LogP contribution in [0.5, 0.6) is 5.75 Å². The lowest BCUT2D eigenvalue weighted by atomic mass is 10.2. The fourth-order valence-corrected chi connectivity index (χ4v) is 4.35. The van der Waals surface area contributed by atoms with Gasteiger partial charge in [0.2, 0.25) is 5.91 Å². The smallest absolute Gasteiger partial charge is 0.238 e. The molecule has 1 aliphatic heterocycles. The highest BCUT2D eigenvalue weighted by molar-refractivity contribution is 7.16. The van der Waals surface area contributed by atoms with Crippen LogP contribution in [0.4, 0.5) is 11.5 Å². The van der Waals surface area contributed by atoms with Crippen molar-refractivity contribution in [1.82, 2.24) is 14.9 Å². The van der Waals surface area contributed by atoms with Crippen molar-refractivity contribution in [3.63, 3.8) is 0 Å². The Labute approximate surface area is 178 Å². The van der Waals surface area contributed by atoms with Crippen molar-refractivity contribution in [2.75, 3.05) is 50.1 Å². The molecule has 1 N–H and O–H groups in total. The number of carbonyl (C=O) groups excluding carboxylic acids is 1. The molecule has 152 valence electrons. The lowest BCUT2D eigenvalue weighted by Gasteiger charge is -2.35. The normalized spacial score (nSPS) is 14.9. The van der Waals surface area contributed by atoms with Crippen LogP contribution in [0.15, 0.2) is 29.9 Å². The molecule has 1 aliphatic rings. The molecule has 0 saturated carbocycles. The number of nitrogens with one attached hydrogen (secondary N) is 1. The lowest BCUT2D eigenvalue weighted by molar-refractivity contribution is -0.117. The van der Waals surface area contributed by atoms with E-state index in [0.29, 0.717) is 23.0 Å². The first-order valence-electron chi connectivity index (χ1n) is 9.34. The quantitative estimate of drug-likeness (QED) is 0.667. The standard InChI is InChI=1S/C20H22ClN5O2S/c1-13-9-16(17(28-2)10-15(13)21)24-18(27)11-25-4-6-26(7-5-25)19-14-3-8-29-20(14)23-12-22-19/h3,8-10,12H,4-7,11H2,1-2H3,(H,24,27). The van der Waals surface area contributed by atoms with Crippen molar-refractivity contribution in [3.05, 3.63) is 40.5 Å². The van der Waals surface area contributed by atoms with Crippen LogP contribution in [0.25, 0.3) is 10.2 Å². The second kappa shape index (κ2) is 8.52. The number of rotatable bonds is 5. The molecule has 0 aliphatic carbocycles. The van der Waals surface area contributed by atoms with E-state index < -0.39 is 0 Å². The number of anilines is 2. The van der Waals surface area contributed by atoms with Gasteiger partial charge in [0.05, 0.1) is 24.7 Å². The molecule has 3 aromatic rings. The van der Waals surface area contributed by atoms with Crippen LogP contribution in [0.2, 0.25) is 5.02 Å².